The van der Waals surface area contributed by atoms with Crippen LogP contribution in [-0.4, -0.2) is 11.2 Å². The molecule has 0 spiro atoms. The van der Waals surface area contributed by atoms with Crippen LogP contribution in [0.25, 0.3) is 0 Å². The van der Waals surface area contributed by atoms with Crippen LogP contribution in [0.3, 0.4) is 0 Å². The van der Waals surface area contributed by atoms with Crippen molar-refractivity contribution in [2.75, 3.05) is 0 Å². The molecule has 3 aromatic rings. The maximum atomic E-state index is 10.6. The zero-order chi connectivity index (χ0) is 17.3. The molecule has 0 aliphatic rings. The molecule has 2 atom stereocenters. The highest BCUT2D eigenvalue weighted by Gasteiger charge is 2.16. The monoisotopic (exact) mass is 331 g/mol. The van der Waals surface area contributed by atoms with Gasteiger partial charge in [0.05, 0.1) is 6.10 Å². The molecule has 0 amide bonds. The predicted molar refractivity (Wildman–Crippen MR) is 103 cm³/mol. The summed E-state index contributed by atoms with van der Waals surface area (Å²) >= 11 is 0. The zero-order valence-corrected chi connectivity index (χ0v) is 14.4. The molecule has 3 rings (SSSR count). The summed E-state index contributed by atoms with van der Waals surface area (Å²) in [6.45, 7) is 0.790. The second kappa shape index (κ2) is 9.16. The van der Waals surface area contributed by atoms with E-state index in [-0.39, 0.29) is 12.1 Å². The lowest BCUT2D eigenvalue weighted by atomic mass is 9.96. The summed E-state index contributed by atoms with van der Waals surface area (Å²) in [5.41, 5.74) is 3.64. The van der Waals surface area contributed by atoms with Crippen LogP contribution in [-0.2, 0) is 13.0 Å². The lowest BCUT2D eigenvalue weighted by molar-refractivity contribution is 0.149. The molecule has 2 heteroatoms. The summed E-state index contributed by atoms with van der Waals surface area (Å²) < 4.78 is 0. The smallest absolute Gasteiger partial charge is 0.0598 e. The molecule has 0 bridgehead atoms. The number of benzene rings is 3. The third-order valence-electron chi connectivity index (χ3n) is 4.42. The van der Waals surface area contributed by atoms with Crippen LogP contribution in [0.5, 0.6) is 0 Å². The van der Waals surface area contributed by atoms with Crippen LogP contribution in [0.4, 0.5) is 0 Å². The van der Waals surface area contributed by atoms with Crippen LogP contribution in [0.2, 0.25) is 0 Å². The van der Waals surface area contributed by atoms with Crippen molar-refractivity contribution in [1.29, 1.82) is 0 Å². The van der Waals surface area contributed by atoms with Crippen LogP contribution >= 0.6 is 0 Å². The van der Waals surface area contributed by atoms with E-state index in [0.717, 1.165) is 6.54 Å². The molecule has 0 saturated heterocycles. The maximum Gasteiger partial charge on any atom is 0.0598 e. The van der Waals surface area contributed by atoms with E-state index < -0.39 is 0 Å². The van der Waals surface area contributed by atoms with Gasteiger partial charge in [0.2, 0.25) is 0 Å². The van der Waals surface area contributed by atoms with Gasteiger partial charge in [-0.15, -0.1) is 0 Å². The minimum absolute atomic E-state index is 0.125. The van der Waals surface area contributed by atoms with E-state index in [9.17, 15) is 5.11 Å². The van der Waals surface area contributed by atoms with Gasteiger partial charge >= 0.3 is 0 Å². The topological polar surface area (TPSA) is 32.3 Å². The number of aliphatic hydroxyl groups is 1. The van der Waals surface area contributed by atoms with E-state index in [4.69, 9.17) is 0 Å². The highest BCUT2D eigenvalue weighted by molar-refractivity contribution is 5.21. The lowest BCUT2D eigenvalue weighted by Crippen LogP contribution is -2.26. The number of aliphatic hydroxyl groups excluding tert-OH is 1. The van der Waals surface area contributed by atoms with Crippen LogP contribution in [0, 0.1) is 0 Å². The summed E-state index contributed by atoms with van der Waals surface area (Å²) in [5.74, 6) is 0. The lowest BCUT2D eigenvalue weighted by Gasteiger charge is -2.22. The zero-order valence-electron chi connectivity index (χ0n) is 14.4. The summed E-state index contributed by atoms with van der Waals surface area (Å²) in [6, 6.07) is 31.1. The average Bonchev–Trinajstić information content (AvgIpc) is 2.67. The maximum absolute atomic E-state index is 10.6. The van der Waals surface area contributed by atoms with Gasteiger partial charge in [-0.05, 0) is 29.5 Å². The number of hydrogen-bond acceptors (Lipinski definition) is 2. The molecule has 0 aliphatic heterocycles. The molecule has 2 N–H and O–H groups in total. The standard InChI is InChI=1S/C23H25NO/c25-22(16-19-10-4-1-5-11-19)17-23(21-14-8-3-9-15-21)24-18-20-12-6-2-7-13-20/h1-15,22-25H,16-18H2/t22-,23-/m1/s1. The first-order chi connectivity index (χ1) is 12.3. The molecular formula is C23H25NO. The Bertz CT molecular complexity index is 728. The number of nitrogens with one attached hydrogen (secondary N) is 1. The molecule has 0 saturated carbocycles. The van der Waals surface area contributed by atoms with Crippen molar-refractivity contribution < 1.29 is 5.11 Å². The summed E-state index contributed by atoms with van der Waals surface area (Å²) in [6.07, 6.45) is 0.985. The average molecular weight is 331 g/mol. The molecule has 0 fully saturated rings. The quantitative estimate of drug-likeness (QED) is 0.636. The summed E-state index contributed by atoms with van der Waals surface area (Å²) in [7, 11) is 0. The molecule has 0 unspecified atom stereocenters. The minimum Gasteiger partial charge on any atom is -0.393 e. The Labute approximate surface area is 150 Å². The third-order valence-corrected chi connectivity index (χ3v) is 4.42. The Balaban J connectivity index is 1.66. The Kier molecular flexibility index (Phi) is 6.38. The second-order valence-electron chi connectivity index (χ2n) is 6.41. The third kappa shape index (κ3) is 5.56. The Morgan fingerprint density at radius 3 is 1.80 bits per heavy atom. The van der Waals surface area contributed by atoms with Crippen molar-refractivity contribution in [1.82, 2.24) is 5.32 Å². The van der Waals surface area contributed by atoms with Crippen LogP contribution in [0.1, 0.15) is 29.2 Å². The summed E-state index contributed by atoms with van der Waals surface area (Å²) in [5, 5.41) is 14.2. The number of rotatable bonds is 8. The first-order valence-corrected chi connectivity index (χ1v) is 8.85. The van der Waals surface area contributed by atoms with E-state index in [1.807, 2.05) is 30.3 Å². The molecule has 3 aromatic carbocycles. The van der Waals surface area contributed by atoms with Gasteiger partial charge in [0.25, 0.3) is 0 Å². The first kappa shape index (κ1) is 17.4. The SMILES string of the molecule is O[C@H](Cc1ccccc1)C[C@@H](NCc1ccccc1)c1ccccc1. The molecule has 2 nitrogen and oxygen atoms in total. The highest BCUT2D eigenvalue weighted by Crippen LogP contribution is 2.21. The van der Waals surface area contributed by atoms with E-state index in [1.165, 1.54) is 16.7 Å². The van der Waals surface area contributed by atoms with Gasteiger partial charge < -0.3 is 10.4 Å². The van der Waals surface area contributed by atoms with Gasteiger partial charge in [-0.3, -0.25) is 0 Å². The Hall–Kier alpha value is -2.42. The van der Waals surface area contributed by atoms with Crippen molar-refractivity contribution in [2.45, 2.75) is 31.5 Å². The molecule has 0 aliphatic carbocycles. The van der Waals surface area contributed by atoms with Crippen molar-refractivity contribution in [3.8, 4) is 0 Å². The fourth-order valence-electron chi connectivity index (χ4n) is 3.10. The van der Waals surface area contributed by atoms with Gasteiger partial charge in [0.15, 0.2) is 0 Å². The predicted octanol–water partition coefficient (Wildman–Crippen LogP) is 4.51. The fraction of sp³-hybridized carbons (Fsp3) is 0.217. The molecule has 0 aromatic heterocycles. The van der Waals surface area contributed by atoms with E-state index in [2.05, 4.69) is 66.0 Å². The Morgan fingerprint density at radius 2 is 1.20 bits per heavy atom. The molecule has 128 valence electrons. The van der Waals surface area contributed by atoms with E-state index >= 15 is 0 Å². The van der Waals surface area contributed by atoms with Crippen molar-refractivity contribution in [2.24, 2.45) is 0 Å². The second-order valence-corrected chi connectivity index (χ2v) is 6.41. The van der Waals surface area contributed by atoms with Crippen LogP contribution < -0.4 is 5.32 Å². The normalized spacial score (nSPS) is 13.3. The summed E-state index contributed by atoms with van der Waals surface area (Å²) in [4.78, 5) is 0. The fourth-order valence-corrected chi connectivity index (χ4v) is 3.10. The molecule has 25 heavy (non-hydrogen) atoms. The molecular weight excluding hydrogens is 306 g/mol. The van der Waals surface area contributed by atoms with Gasteiger partial charge in [-0.1, -0.05) is 91.0 Å². The molecule has 0 heterocycles. The highest BCUT2D eigenvalue weighted by atomic mass is 16.3. The van der Waals surface area contributed by atoms with Crippen molar-refractivity contribution in [3.63, 3.8) is 0 Å². The largest absolute Gasteiger partial charge is 0.393 e. The van der Waals surface area contributed by atoms with Gasteiger partial charge in [0.1, 0.15) is 0 Å². The first-order valence-electron chi connectivity index (χ1n) is 8.85. The van der Waals surface area contributed by atoms with Crippen molar-refractivity contribution in [3.05, 3.63) is 108 Å². The van der Waals surface area contributed by atoms with E-state index in [1.54, 1.807) is 0 Å². The van der Waals surface area contributed by atoms with Crippen LogP contribution in [0.15, 0.2) is 91.0 Å². The van der Waals surface area contributed by atoms with Gasteiger partial charge in [0, 0.05) is 12.6 Å². The van der Waals surface area contributed by atoms with E-state index in [0.29, 0.717) is 12.8 Å². The number of hydrogen-bond donors (Lipinski definition) is 2. The molecule has 0 radical (unpaired) electrons. The van der Waals surface area contributed by atoms with Gasteiger partial charge in [-0.2, -0.15) is 0 Å². The Morgan fingerprint density at radius 1 is 0.680 bits per heavy atom. The minimum atomic E-state index is -0.379. The van der Waals surface area contributed by atoms with Gasteiger partial charge in [-0.25, -0.2) is 0 Å². The van der Waals surface area contributed by atoms with Crippen molar-refractivity contribution >= 4 is 0 Å².